The van der Waals surface area contributed by atoms with Crippen LogP contribution in [0.2, 0.25) is 0 Å². The fourth-order valence-corrected chi connectivity index (χ4v) is 1.55. The first-order valence-corrected chi connectivity index (χ1v) is 5.67. The van der Waals surface area contributed by atoms with Gasteiger partial charge < -0.3 is 10.7 Å². The molecule has 16 heavy (non-hydrogen) atoms. The standard InChI is InChI=1S/C10H10IN5/c11-7-1-3-8(4-2-7)15-9-5-10(16-12)14-6-13-9/h1-6H,12H2,(H2,13,14,15,16). The van der Waals surface area contributed by atoms with Crippen molar-refractivity contribution in [2.45, 2.75) is 0 Å². The molecule has 0 bridgehead atoms. The van der Waals surface area contributed by atoms with E-state index in [-0.39, 0.29) is 0 Å². The average molecular weight is 327 g/mol. The van der Waals surface area contributed by atoms with Crippen LogP contribution in [-0.2, 0) is 0 Å². The molecule has 0 aliphatic rings. The predicted molar refractivity (Wildman–Crippen MR) is 72.3 cm³/mol. The lowest BCUT2D eigenvalue weighted by atomic mass is 10.3. The summed E-state index contributed by atoms with van der Waals surface area (Å²) in [5.41, 5.74) is 3.44. The van der Waals surface area contributed by atoms with Crippen molar-refractivity contribution in [1.82, 2.24) is 9.97 Å². The highest BCUT2D eigenvalue weighted by Gasteiger charge is 1.98. The molecule has 6 heteroatoms. The summed E-state index contributed by atoms with van der Waals surface area (Å²) in [4.78, 5) is 8.01. The maximum Gasteiger partial charge on any atom is 0.145 e. The van der Waals surface area contributed by atoms with E-state index in [9.17, 15) is 0 Å². The van der Waals surface area contributed by atoms with Crippen molar-refractivity contribution in [2.75, 3.05) is 10.7 Å². The normalized spacial score (nSPS) is 9.88. The molecular formula is C10H10IN5. The summed E-state index contributed by atoms with van der Waals surface area (Å²) in [7, 11) is 0. The van der Waals surface area contributed by atoms with Crippen molar-refractivity contribution in [2.24, 2.45) is 5.84 Å². The molecule has 4 N–H and O–H groups in total. The van der Waals surface area contributed by atoms with Gasteiger partial charge in [0.2, 0.25) is 0 Å². The van der Waals surface area contributed by atoms with Crippen molar-refractivity contribution in [3.63, 3.8) is 0 Å². The maximum absolute atomic E-state index is 5.26. The first kappa shape index (κ1) is 11.1. The molecule has 0 spiro atoms. The lowest BCUT2D eigenvalue weighted by Crippen LogP contribution is -2.09. The molecule has 2 rings (SSSR count). The third kappa shape index (κ3) is 2.80. The number of halogens is 1. The Morgan fingerprint density at radius 1 is 1.06 bits per heavy atom. The molecule has 2 aromatic rings. The van der Waals surface area contributed by atoms with Crippen LogP contribution in [0.25, 0.3) is 0 Å². The van der Waals surface area contributed by atoms with E-state index in [0.717, 1.165) is 5.69 Å². The lowest BCUT2D eigenvalue weighted by molar-refractivity contribution is 1.14. The average Bonchev–Trinajstić information content (AvgIpc) is 2.32. The second-order valence-corrected chi connectivity index (χ2v) is 4.31. The van der Waals surface area contributed by atoms with Gasteiger partial charge in [0.05, 0.1) is 0 Å². The second kappa shape index (κ2) is 5.08. The van der Waals surface area contributed by atoms with Crippen LogP contribution in [0.3, 0.4) is 0 Å². The minimum absolute atomic E-state index is 0.572. The fraction of sp³-hybridized carbons (Fsp3) is 0. The molecule has 0 saturated heterocycles. The Bertz CT molecular complexity index is 471. The molecule has 0 atom stereocenters. The molecule has 0 aliphatic carbocycles. The van der Waals surface area contributed by atoms with Gasteiger partial charge in [-0.05, 0) is 46.9 Å². The zero-order valence-corrected chi connectivity index (χ0v) is 10.5. The molecule has 0 radical (unpaired) electrons. The molecule has 0 aliphatic heterocycles. The number of benzene rings is 1. The van der Waals surface area contributed by atoms with Gasteiger partial charge in [-0.3, -0.25) is 0 Å². The van der Waals surface area contributed by atoms with Gasteiger partial charge in [-0.2, -0.15) is 0 Å². The van der Waals surface area contributed by atoms with Crippen LogP contribution in [0, 0.1) is 3.57 Å². The largest absolute Gasteiger partial charge is 0.340 e. The van der Waals surface area contributed by atoms with E-state index in [1.165, 1.54) is 9.90 Å². The number of hydrazine groups is 1. The number of rotatable bonds is 3. The number of anilines is 3. The van der Waals surface area contributed by atoms with Crippen molar-refractivity contribution in [3.05, 3.63) is 40.2 Å². The van der Waals surface area contributed by atoms with Crippen LogP contribution >= 0.6 is 22.6 Å². The van der Waals surface area contributed by atoms with Gasteiger partial charge in [-0.25, -0.2) is 15.8 Å². The minimum atomic E-state index is 0.572. The summed E-state index contributed by atoms with van der Waals surface area (Å²) in [5, 5.41) is 3.16. The number of nitrogens with two attached hydrogens (primary N) is 1. The van der Waals surface area contributed by atoms with E-state index in [1.807, 2.05) is 24.3 Å². The smallest absolute Gasteiger partial charge is 0.145 e. The van der Waals surface area contributed by atoms with Gasteiger partial charge in [-0.1, -0.05) is 0 Å². The molecule has 1 aromatic heterocycles. The minimum Gasteiger partial charge on any atom is -0.340 e. The van der Waals surface area contributed by atoms with Crippen molar-refractivity contribution in [1.29, 1.82) is 0 Å². The quantitative estimate of drug-likeness (QED) is 0.457. The van der Waals surface area contributed by atoms with Crippen LogP contribution in [0.1, 0.15) is 0 Å². The van der Waals surface area contributed by atoms with Gasteiger partial charge in [0.25, 0.3) is 0 Å². The molecular weight excluding hydrogens is 317 g/mol. The molecule has 0 amide bonds. The first-order chi connectivity index (χ1) is 7.78. The first-order valence-electron chi connectivity index (χ1n) is 4.59. The second-order valence-electron chi connectivity index (χ2n) is 3.06. The number of hydrogen-bond donors (Lipinski definition) is 3. The molecule has 0 fully saturated rings. The van der Waals surface area contributed by atoms with Crippen LogP contribution in [0.15, 0.2) is 36.7 Å². The molecule has 82 valence electrons. The summed E-state index contributed by atoms with van der Waals surface area (Å²) in [6, 6.07) is 9.75. The third-order valence-electron chi connectivity index (χ3n) is 1.93. The SMILES string of the molecule is NNc1cc(Nc2ccc(I)cc2)ncn1. The van der Waals surface area contributed by atoms with Crippen molar-refractivity contribution < 1.29 is 0 Å². The van der Waals surface area contributed by atoms with Crippen LogP contribution < -0.4 is 16.6 Å². The van der Waals surface area contributed by atoms with E-state index in [4.69, 9.17) is 5.84 Å². The molecule has 1 aromatic carbocycles. The number of aromatic nitrogens is 2. The summed E-state index contributed by atoms with van der Waals surface area (Å²) in [6.07, 6.45) is 1.45. The Morgan fingerprint density at radius 2 is 1.75 bits per heavy atom. The van der Waals surface area contributed by atoms with Gasteiger partial charge in [0.1, 0.15) is 18.0 Å². The van der Waals surface area contributed by atoms with Gasteiger partial charge in [-0.15, -0.1) is 0 Å². The Hall–Kier alpha value is -1.41. The number of hydrogen-bond acceptors (Lipinski definition) is 5. The van der Waals surface area contributed by atoms with Crippen molar-refractivity contribution in [3.8, 4) is 0 Å². The Labute approximate surface area is 107 Å². The number of nitrogen functional groups attached to an aromatic ring is 1. The van der Waals surface area contributed by atoms with Crippen LogP contribution in [-0.4, -0.2) is 9.97 Å². The van der Waals surface area contributed by atoms with Crippen LogP contribution in [0.4, 0.5) is 17.3 Å². The Kier molecular flexibility index (Phi) is 3.52. The molecule has 1 heterocycles. The predicted octanol–water partition coefficient (Wildman–Crippen LogP) is 2.11. The Balaban J connectivity index is 2.16. The summed E-state index contributed by atoms with van der Waals surface area (Å²) in [6.45, 7) is 0. The highest BCUT2D eigenvalue weighted by atomic mass is 127. The molecule has 5 nitrogen and oxygen atoms in total. The summed E-state index contributed by atoms with van der Waals surface area (Å²) >= 11 is 2.26. The third-order valence-corrected chi connectivity index (χ3v) is 2.65. The number of nitrogens with zero attached hydrogens (tertiary/aromatic N) is 2. The van der Waals surface area contributed by atoms with E-state index in [2.05, 4.69) is 43.3 Å². The monoisotopic (exact) mass is 327 g/mol. The van der Waals surface area contributed by atoms with E-state index >= 15 is 0 Å². The van der Waals surface area contributed by atoms with E-state index in [0.29, 0.717) is 11.6 Å². The van der Waals surface area contributed by atoms with E-state index < -0.39 is 0 Å². The molecule has 0 saturated carbocycles. The lowest BCUT2D eigenvalue weighted by Gasteiger charge is -2.06. The Morgan fingerprint density at radius 3 is 2.44 bits per heavy atom. The van der Waals surface area contributed by atoms with Crippen molar-refractivity contribution >= 4 is 39.9 Å². The van der Waals surface area contributed by atoms with Gasteiger partial charge in [0.15, 0.2) is 0 Å². The highest BCUT2D eigenvalue weighted by Crippen LogP contribution is 2.16. The summed E-state index contributed by atoms with van der Waals surface area (Å²) < 4.78 is 1.19. The zero-order valence-electron chi connectivity index (χ0n) is 8.31. The fourth-order valence-electron chi connectivity index (χ4n) is 1.19. The topological polar surface area (TPSA) is 75.9 Å². The number of nitrogens with one attached hydrogen (secondary N) is 2. The molecule has 0 unspecified atom stereocenters. The van der Waals surface area contributed by atoms with E-state index in [1.54, 1.807) is 6.07 Å². The summed E-state index contributed by atoms with van der Waals surface area (Å²) in [5.74, 6) is 6.53. The van der Waals surface area contributed by atoms with Gasteiger partial charge in [0, 0.05) is 15.3 Å². The zero-order chi connectivity index (χ0) is 11.4. The highest BCUT2D eigenvalue weighted by molar-refractivity contribution is 14.1. The van der Waals surface area contributed by atoms with Gasteiger partial charge >= 0.3 is 0 Å². The van der Waals surface area contributed by atoms with Crippen LogP contribution in [0.5, 0.6) is 0 Å². The maximum atomic E-state index is 5.26.